The van der Waals surface area contributed by atoms with E-state index in [1.165, 1.54) is 20.3 Å². The molecule has 2 aliphatic rings. The Morgan fingerprint density at radius 3 is 2.57 bits per heavy atom. The van der Waals surface area contributed by atoms with Gasteiger partial charge in [0.15, 0.2) is 11.5 Å². The van der Waals surface area contributed by atoms with Gasteiger partial charge in [0.1, 0.15) is 5.82 Å². The maximum absolute atomic E-state index is 13.6. The lowest BCUT2D eigenvalue weighted by Gasteiger charge is -2.49. The van der Waals surface area contributed by atoms with E-state index in [1.807, 2.05) is 4.90 Å². The molecular formula is C26H26F3N5O3. The molecule has 5 rings (SSSR count). The fraction of sp³-hybridized carbons (Fsp3) is 0.346. The van der Waals surface area contributed by atoms with Gasteiger partial charge in [0.2, 0.25) is 5.91 Å². The number of piperazine rings is 1. The van der Waals surface area contributed by atoms with E-state index in [9.17, 15) is 18.0 Å². The number of benzene rings is 2. The van der Waals surface area contributed by atoms with E-state index in [-0.39, 0.29) is 18.4 Å². The molecule has 1 aromatic heterocycles. The number of nitrogens with one attached hydrogen (secondary N) is 1. The second-order valence-electron chi connectivity index (χ2n) is 8.98. The first-order valence-electron chi connectivity index (χ1n) is 11.8. The van der Waals surface area contributed by atoms with Crippen LogP contribution < -0.4 is 24.6 Å². The Morgan fingerprint density at radius 2 is 1.86 bits per heavy atom. The van der Waals surface area contributed by atoms with Crippen molar-refractivity contribution in [3.63, 3.8) is 0 Å². The molecule has 0 radical (unpaired) electrons. The molecular weight excluding hydrogens is 487 g/mol. The molecule has 2 atom stereocenters. The zero-order chi connectivity index (χ0) is 26.2. The second kappa shape index (κ2) is 9.79. The SMILES string of the molecule is COc1ccc(NC(=O)[C@H]2Cc3cc(C(F)(F)F)ccc3N3CCN(c4cnccn4)C[C@H]23)cc1OC. The summed E-state index contributed by atoms with van der Waals surface area (Å²) in [7, 11) is 3.02. The Balaban J connectivity index is 1.48. The van der Waals surface area contributed by atoms with Crippen LogP contribution in [0.5, 0.6) is 11.5 Å². The van der Waals surface area contributed by atoms with Gasteiger partial charge in [-0.2, -0.15) is 13.2 Å². The number of ether oxygens (including phenoxy) is 2. The highest BCUT2D eigenvalue weighted by Gasteiger charge is 2.43. The van der Waals surface area contributed by atoms with Crippen LogP contribution >= 0.6 is 0 Å². The highest BCUT2D eigenvalue weighted by Crippen LogP contribution is 2.40. The van der Waals surface area contributed by atoms with Crippen molar-refractivity contribution < 1.29 is 27.4 Å². The molecule has 8 nitrogen and oxygen atoms in total. The van der Waals surface area contributed by atoms with Gasteiger partial charge < -0.3 is 24.6 Å². The molecule has 3 aromatic rings. The molecule has 1 N–H and O–H groups in total. The Kier molecular flexibility index (Phi) is 6.53. The Morgan fingerprint density at radius 1 is 1.05 bits per heavy atom. The molecule has 2 aromatic carbocycles. The average Bonchev–Trinajstić information content (AvgIpc) is 2.91. The van der Waals surface area contributed by atoms with E-state index in [2.05, 4.69) is 20.2 Å². The summed E-state index contributed by atoms with van der Waals surface area (Å²) in [6.45, 7) is 1.60. The quantitative estimate of drug-likeness (QED) is 0.552. The summed E-state index contributed by atoms with van der Waals surface area (Å²) in [5, 5.41) is 2.93. The minimum absolute atomic E-state index is 0.174. The first-order chi connectivity index (χ1) is 17.8. The minimum atomic E-state index is -4.46. The Hall–Kier alpha value is -4.02. The van der Waals surface area contributed by atoms with Crippen molar-refractivity contribution in [1.29, 1.82) is 0 Å². The monoisotopic (exact) mass is 513 g/mol. The Bertz CT molecular complexity index is 1290. The number of rotatable bonds is 5. The van der Waals surface area contributed by atoms with Crippen molar-refractivity contribution in [3.05, 3.63) is 66.1 Å². The number of carbonyl (C=O) groups is 1. The lowest BCUT2D eigenvalue weighted by atomic mass is 9.82. The second-order valence-corrected chi connectivity index (χ2v) is 8.98. The third-order valence-corrected chi connectivity index (χ3v) is 6.90. The molecule has 1 amide bonds. The van der Waals surface area contributed by atoms with E-state index in [0.29, 0.717) is 48.2 Å². The van der Waals surface area contributed by atoms with Crippen molar-refractivity contribution in [2.75, 3.05) is 49.0 Å². The van der Waals surface area contributed by atoms with Gasteiger partial charge in [-0.3, -0.25) is 9.78 Å². The average molecular weight is 514 g/mol. The van der Waals surface area contributed by atoms with Gasteiger partial charge in [0, 0.05) is 49.5 Å². The molecule has 0 bridgehead atoms. The summed E-state index contributed by atoms with van der Waals surface area (Å²) in [5.41, 5.74) is 1.02. The summed E-state index contributed by atoms with van der Waals surface area (Å²) >= 11 is 0. The number of amides is 1. The van der Waals surface area contributed by atoms with Crippen LogP contribution in [0.2, 0.25) is 0 Å². The van der Waals surface area contributed by atoms with Gasteiger partial charge in [-0.25, -0.2) is 4.98 Å². The van der Waals surface area contributed by atoms with Crippen molar-refractivity contribution in [2.24, 2.45) is 5.92 Å². The third kappa shape index (κ3) is 4.85. The number of halogens is 3. The number of hydrogen-bond acceptors (Lipinski definition) is 7. The highest BCUT2D eigenvalue weighted by atomic mass is 19.4. The number of nitrogens with zero attached hydrogens (tertiary/aromatic N) is 4. The van der Waals surface area contributed by atoms with E-state index in [4.69, 9.17) is 9.47 Å². The molecule has 2 aliphatic heterocycles. The molecule has 194 valence electrons. The molecule has 1 saturated heterocycles. The van der Waals surface area contributed by atoms with Gasteiger partial charge in [0.05, 0.1) is 37.9 Å². The van der Waals surface area contributed by atoms with Crippen molar-refractivity contribution in [3.8, 4) is 11.5 Å². The predicted octanol–water partition coefficient (Wildman–Crippen LogP) is 4.02. The number of anilines is 3. The molecule has 0 spiro atoms. The molecule has 1 fully saturated rings. The number of aromatic nitrogens is 2. The smallest absolute Gasteiger partial charge is 0.416 e. The highest BCUT2D eigenvalue weighted by molar-refractivity contribution is 5.94. The molecule has 0 aliphatic carbocycles. The maximum atomic E-state index is 13.6. The van der Waals surface area contributed by atoms with Gasteiger partial charge in [-0.15, -0.1) is 0 Å². The van der Waals surface area contributed by atoms with Crippen LogP contribution in [0.3, 0.4) is 0 Å². The van der Waals surface area contributed by atoms with Crippen molar-refractivity contribution in [1.82, 2.24) is 9.97 Å². The number of hydrogen-bond donors (Lipinski definition) is 1. The molecule has 11 heteroatoms. The Labute approximate surface area is 212 Å². The van der Waals surface area contributed by atoms with Gasteiger partial charge >= 0.3 is 6.18 Å². The molecule has 0 saturated carbocycles. The maximum Gasteiger partial charge on any atom is 0.416 e. The summed E-state index contributed by atoms with van der Waals surface area (Å²) in [6, 6.07) is 8.54. The summed E-state index contributed by atoms with van der Waals surface area (Å²) in [5.74, 6) is 0.774. The third-order valence-electron chi connectivity index (χ3n) is 6.90. The first kappa shape index (κ1) is 24.7. The largest absolute Gasteiger partial charge is 0.493 e. The van der Waals surface area contributed by atoms with Crippen LogP contribution in [0.4, 0.5) is 30.4 Å². The minimum Gasteiger partial charge on any atom is -0.493 e. The number of alkyl halides is 3. The summed E-state index contributed by atoms with van der Waals surface area (Å²) in [4.78, 5) is 26.3. The van der Waals surface area contributed by atoms with Gasteiger partial charge in [0.25, 0.3) is 0 Å². The summed E-state index contributed by atoms with van der Waals surface area (Å²) in [6.07, 6.45) is 0.578. The van der Waals surface area contributed by atoms with E-state index >= 15 is 0 Å². The van der Waals surface area contributed by atoms with Crippen LogP contribution in [0.1, 0.15) is 11.1 Å². The van der Waals surface area contributed by atoms with Gasteiger partial charge in [-0.05, 0) is 42.3 Å². The zero-order valence-corrected chi connectivity index (χ0v) is 20.3. The fourth-order valence-electron chi connectivity index (χ4n) is 5.11. The topological polar surface area (TPSA) is 79.8 Å². The lowest BCUT2D eigenvalue weighted by Crippen LogP contribution is -2.60. The van der Waals surface area contributed by atoms with Crippen molar-refractivity contribution in [2.45, 2.75) is 18.6 Å². The van der Waals surface area contributed by atoms with E-state index in [0.717, 1.165) is 17.8 Å². The normalized spacial score (nSPS) is 19.1. The fourth-order valence-corrected chi connectivity index (χ4v) is 5.11. The lowest BCUT2D eigenvalue weighted by molar-refractivity contribution is -0.137. The number of carbonyl (C=O) groups excluding carboxylic acids is 1. The van der Waals surface area contributed by atoms with Crippen LogP contribution in [-0.4, -0.2) is 55.8 Å². The zero-order valence-electron chi connectivity index (χ0n) is 20.3. The van der Waals surface area contributed by atoms with Crippen LogP contribution in [0, 0.1) is 5.92 Å². The summed E-state index contributed by atoms with van der Waals surface area (Å²) < 4.78 is 51.0. The molecule has 3 heterocycles. The standard InChI is InChI=1S/C26H26F3N5O3/c1-36-22-6-4-18(13-23(22)37-2)32-25(35)19-12-16-11-17(26(27,28)29)3-5-20(16)34-10-9-33(15-21(19)34)24-14-30-7-8-31-24/h3-8,11,13-14,19,21H,9-10,12,15H2,1-2H3,(H,32,35)/t19-,21+/m0/s1. The van der Waals surface area contributed by atoms with Crippen molar-refractivity contribution >= 4 is 23.1 Å². The van der Waals surface area contributed by atoms with E-state index in [1.54, 1.807) is 36.8 Å². The number of methoxy groups -OCH3 is 2. The molecule has 37 heavy (non-hydrogen) atoms. The number of fused-ring (bicyclic) bond motifs is 3. The van der Waals surface area contributed by atoms with Crippen LogP contribution in [0.25, 0.3) is 0 Å². The van der Waals surface area contributed by atoms with Gasteiger partial charge in [-0.1, -0.05) is 0 Å². The van der Waals surface area contributed by atoms with E-state index < -0.39 is 17.7 Å². The van der Waals surface area contributed by atoms with Crippen LogP contribution in [0.15, 0.2) is 55.0 Å². The first-order valence-corrected chi connectivity index (χ1v) is 11.8. The predicted molar refractivity (Wildman–Crippen MR) is 132 cm³/mol. The van der Waals surface area contributed by atoms with Crippen LogP contribution in [-0.2, 0) is 17.4 Å². The molecule has 0 unspecified atom stereocenters.